The molecule has 1 aliphatic heterocycles. The van der Waals surface area contributed by atoms with Crippen LogP contribution in [-0.4, -0.2) is 50.1 Å². The molecule has 0 bridgehead atoms. The Labute approximate surface area is 186 Å². The van der Waals surface area contributed by atoms with Gasteiger partial charge in [0.25, 0.3) is 5.91 Å². The number of carbonyl (C=O) groups excluding carboxylic acids is 1. The highest BCUT2D eigenvalue weighted by molar-refractivity contribution is 5.78. The molecular weight excluding hydrogens is 402 g/mol. The molecule has 1 aliphatic rings. The number of pyridine rings is 2. The van der Waals surface area contributed by atoms with E-state index in [2.05, 4.69) is 11.1 Å². The van der Waals surface area contributed by atoms with E-state index in [0.29, 0.717) is 13.1 Å². The normalized spacial score (nSPS) is 14.6. The van der Waals surface area contributed by atoms with Gasteiger partial charge in [-0.05, 0) is 61.2 Å². The molecule has 3 aromatic heterocycles. The van der Waals surface area contributed by atoms with Gasteiger partial charge in [0.05, 0.1) is 0 Å². The molecule has 0 unspecified atom stereocenters. The maximum Gasteiger partial charge on any atom is 0.260 e. The molecule has 5 rings (SSSR count). The number of benzene rings is 1. The zero-order chi connectivity index (χ0) is 21.9. The number of rotatable bonds is 5. The summed E-state index contributed by atoms with van der Waals surface area (Å²) in [5, 5.41) is 4.74. The molecule has 1 saturated heterocycles. The van der Waals surface area contributed by atoms with Crippen LogP contribution in [0.1, 0.15) is 30.1 Å². The van der Waals surface area contributed by atoms with Gasteiger partial charge >= 0.3 is 0 Å². The van der Waals surface area contributed by atoms with Crippen LogP contribution in [0.4, 0.5) is 0 Å². The molecular formula is C25H25N5O2. The highest BCUT2D eigenvalue weighted by Gasteiger charge is 2.26. The number of likely N-dealkylation sites (tertiary alicyclic amines) is 1. The lowest BCUT2D eigenvalue weighted by molar-refractivity contribution is -0.134. The molecule has 7 nitrogen and oxygen atoms in total. The quantitative estimate of drug-likeness (QED) is 0.483. The number of nitrogens with zero attached hydrogens (tertiary/aromatic N) is 5. The van der Waals surface area contributed by atoms with Crippen molar-refractivity contribution in [3.05, 3.63) is 78.5 Å². The highest BCUT2D eigenvalue weighted by atomic mass is 16.5. The first-order valence-electron chi connectivity index (χ1n) is 10.9. The summed E-state index contributed by atoms with van der Waals surface area (Å²) in [4.78, 5) is 23.3. The number of fused-ring (bicyclic) bond motifs is 1. The van der Waals surface area contributed by atoms with Crippen molar-refractivity contribution in [3.8, 4) is 16.9 Å². The Bertz CT molecular complexity index is 1230. The zero-order valence-electron chi connectivity index (χ0n) is 18.0. The lowest BCUT2D eigenvalue weighted by Gasteiger charge is -2.30. The van der Waals surface area contributed by atoms with E-state index in [1.807, 2.05) is 65.0 Å². The minimum Gasteiger partial charge on any atom is -0.484 e. The average Bonchev–Trinajstić information content (AvgIpc) is 3.27. The van der Waals surface area contributed by atoms with E-state index in [9.17, 15) is 4.79 Å². The van der Waals surface area contributed by atoms with Crippen molar-refractivity contribution in [2.45, 2.75) is 25.7 Å². The Morgan fingerprint density at radius 1 is 1.03 bits per heavy atom. The fraction of sp³-hybridized carbons (Fsp3) is 0.280. The van der Waals surface area contributed by atoms with E-state index in [1.165, 1.54) is 0 Å². The minimum absolute atomic E-state index is 0.0247. The lowest BCUT2D eigenvalue weighted by Crippen LogP contribution is -2.40. The molecule has 0 N–H and O–H groups in total. The smallest absolute Gasteiger partial charge is 0.260 e. The van der Waals surface area contributed by atoms with E-state index < -0.39 is 0 Å². The molecule has 1 aromatic carbocycles. The standard InChI is InChI=1S/C25H25N5O2/c1-18-4-2-3-5-22(18)32-17-24(31)29-14-10-20(11-15-29)25-27-23-7-6-21(16-30(23)28-25)19-8-12-26-13-9-19/h2-9,12-13,16,20H,10-11,14-15,17H2,1H3. The van der Waals surface area contributed by atoms with E-state index in [0.717, 1.165) is 46.8 Å². The van der Waals surface area contributed by atoms with Gasteiger partial charge in [-0.2, -0.15) is 5.10 Å². The second-order valence-electron chi connectivity index (χ2n) is 8.14. The average molecular weight is 428 g/mol. The van der Waals surface area contributed by atoms with E-state index >= 15 is 0 Å². The first-order chi connectivity index (χ1) is 15.7. The van der Waals surface area contributed by atoms with Crippen LogP contribution >= 0.6 is 0 Å². The Balaban J connectivity index is 1.21. The molecule has 7 heteroatoms. The first-order valence-corrected chi connectivity index (χ1v) is 10.9. The molecule has 0 spiro atoms. The summed E-state index contributed by atoms with van der Waals surface area (Å²) in [6.07, 6.45) is 7.28. The van der Waals surface area contributed by atoms with Gasteiger partial charge < -0.3 is 9.64 Å². The third-order valence-electron chi connectivity index (χ3n) is 6.02. The van der Waals surface area contributed by atoms with Crippen LogP contribution in [0.3, 0.4) is 0 Å². The number of hydrogen-bond acceptors (Lipinski definition) is 5. The number of piperidine rings is 1. The van der Waals surface area contributed by atoms with Crippen molar-refractivity contribution >= 4 is 11.6 Å². The molecule has 0 saturated carbocycles. The molecule has 0 radical (unpaired) electrons. The molecule has 1 amide bonds. The second-order valence-corrected chi connectivity index (χ2v) is 8.14. The van der Waals surface area contributed by atoms with Gasteiger partial charge in [-0.1, -0.05) is 18.2 Å². The predicted molar refractivity (Wildman–Crippen MR) is 121 cm³/mol. The van der Waals surface area contributed by atoms with Crippen molar-refractivity contribution in [3.63, 3.8) is 0 Å². The summed E-state index contributed by atoms with van der Waals surface area (Å²) in [7, 11) is 0. The lowest BCUT2D eigenvalue weighted by atomic mass is 9.96. The molecule has 4 aromatic rings. The number of hydrogen-bond donors (Lipinski definition) is 0. The van der Waals surface area contributed by atoms with Crippen LogP contribution in [0.25, 0.3) is 16.8 Å². The van der Waals surface area contributed by atoms with Gasteiger partial charge in [-0.25, -0.2) is 9.50 Å². The van der Waals surface area contributed by atoms with Crippen molar-refractivity contribution in [2.24, 2.45) is 0 Å². The number of aryl methyl sites for hydroxylation is 1. The fourth-order valence-corrected chi connectivity index (χ4v) is 4.12. The summed E-state index contributed by atoms with van der Waals surface area (Å²) in [5.41, 5.74) is 4.04. The second kappa shape index (κ2) is 8.78. The molecule has 162 valence electrons. The van der Waals surface area contributed by atoms with Crippen LogP contribution in [0.15, 0.2) is 67.1 Å². The summed E-state index contributed by atoms with van der Waals surface area (Å²) in [6.45, 7) is 3.43. The van der Waals surface area contributed by atoms with E-state index in [1.54, 1.807) is 12.4 Å². The number of amides is 1. The number of para-hydroxylation sites is 1. The Morgan fingerprint density at radius 2 is 1.81 bits per heavy atom. The van der Waals surface area contributed by atoms with Crippen LogP contribution < -0.4 is 4.74 Å². The molecule has 1 fully saturated rings. The van der Waals surface area contributed by atoms with Gasteiger partial charge in [-0.15, -0.1) is 0 Å². The first kappa shape index (κ1) is 20.2. The van der Waals surface area contributed by atoms with Crippen molar-refractivity contribution in [1.82, 2.24) is 24.5 Å². The third-order valence-corrected chi connectivity index (χ3v) is 6.02. The van der Waals surface area contributed by atoms with Gasteiger partial charge in [0.15, 0.2) is 18.1 Å². The largest absolute Gasteiger partial charge is 0.484 e. The summed E-state index contributed by atoms with van der Waals surface area (Å²) >= 11 is 0. The van der Waals surface area contributed by atoms with Crippen molar-refractivity contribution in [2.75, 3.05) is 19.7 Å². The topological polar surface area (TPSA) is 72.6 Å². The molecule has 4 heterocycles. The van der Waals surface area contributed by atoms with Crippen molar-refractivity contribution < 1.29 is 9.53 Å². The van der Waals surface area contributed by atoms with Crippen molar-refractivity contribution in [1.29, 1.82) is 0 Å². The number of carbonyl (C=O) groups is 1. The summed E-state index contributed by atoms with van der Waals surface area (Å²) < 4.78 is 7.57. The minimum atomic E-state index is 0.0247. The zero-order valence-corrected chi connectivity index (χ0v) is 18.0. The van der Waals surface area contributed by atoms with Gasteiger partial charge in [0.2, 0.25) is 0 Å². The maximum atomic E-state index is 12.6. The Hall–Kier alpha value is -3.74. The van der Waals surface area contributed by atoms with Crippen LogP contribution in [0, 0.1) is 6.92 Å². The number of aromatic nitrogens is 4. The molecule has 32 heavy (non-hydrogen) atoms. The third kappa shape index (κ3) is 4.19. The van der Waals surface area contributed by atoms with Gasteiger partial charge in [0, 0.05) is 43.2 Å². The van der Waals surface area contributed by atoms with Crippen LogP contribution in [0.5, 0.6) is 5.75 Å². The predicted octanol–water partition coefficient (Wildman–Crippen LogP) is 3.88. The highest BCUT2D eigenvalue weighted by Crippen LogP contribution is 2.27. The van der Waals surface area contributed by atoms with Crippen LogP contribution in [0.2, 0.25) is 0 Å². The molecule has 0 aliphatic carbocycles. The number of ether oxygens (including phenoxy) is 1. The van der Waals surface area contributed by atoms with E-state index in [4.69, 9.17) is 14.8 Å². The molecule has 0 atom stereocenters. The maximum absolute atomic E-state index is 12.6. The summed E-state index contributed by atoms with van der Waals surface area (Å²) in [5.74, 6) is 1.88. The Kier molecular flexibility index (Phi) is 5.54. The SMILES string of the molecule is Cc1ccccc1OCC(=O)N1CCC(c2nc3ccc(-c4ccncc4)cn3n2)CC1. The monoisotopic (exact) mass is 427 g/mol. The Morgan fingerprint density at radius 3 is 2.59 bits per heavy atom. The van der Waals surface area contributed by atoms with E-state index in [-0.39, 0.29) is 18.4 Å². The van der Waals surface area contributed by atoms with Crippen LogP contribution in [-0.2, 0) is 4.79 Å². The van der Waals surface area contributed by atoms with Gasteiger partial charge in [-0.3, -0.25) is 9.78 Å². The summed E-state index contributed by atoms with van der Waals surface area (Å²) in [6, 6.07) is 15.8. The van der Waals surface area contributed by atoms with Gasteiger partial charge in [0.1, 0.15) is 5.75 Å². The fourth-order valence-electron chi connectivity index (χ4n) is 4.12.